The fraction of sp³-hybridized carbons (Fsp3) is 0.0714. The molecule has 0 aromatic heterocycles. The van der Waals surface area contributed by atoms with Crippen LogP contribution >= 0.6 is 22.6 Å². The first-order valence-electron chi connectivity index (χ1n) is 5.50. The van der Waals surface area contributed by atoms with Crippen molar-refractivity contribution in [2.24, 2.45) is 0 Å². The molecular weight excluding hydrogens is 360 g/mol. The van der Waals surface area contributed by atoms with E-state index in [2.05, 4.69) is 5.32 Å². The van der Waals surface area contributed by atoms with Crippen molar-refractivity contribution in [2.75, 3.05) is 12.4 Å². The number of nitrogens with one attached hydrogen (secondary N) is 1. The Hall–Kier alpha value is -1.63. The lowest BCUT2D eigenvalue weighted by molar-refractivity contribution is 0.102. The van der Waals surface area contributed by atoms with Gasteiger partial charge in [-0.3, -0.25) is 4.79 Å². The van der Waals surface area contributed by atoms with E-state index in [1.54, 1.807) is 31.4 Å². The zero-order valence-electron chi connectivity index (χ0n) is 10.1. The number of amides is 1. The fourth-order valence-corrected chi connectivity index (χ4v) is 2.27. The number of methoxy groups -OCH3 is 1. The zero-order valence-corrected chi connectivity index (χ0v) is 12.3. The summed E-state index contributed by atoms with van der Waals surface area (Å²) >= 11 is 1.93. The minimum absolute atomic E-state index is 0.269. The molecule has 0 atom stereocenters. The molecule has 98 valence electrons. The van der Waals surface area contributed by atoms with Crippen molar-refractivity contribution in [1.82, 2.24) is 0 Å². The number of carbonyl (C=O) groups excluding carboxylic acids is 1. The van der Waals surface area contributed by atoms with Gasteiger partial charge in [-0.1, -0.05) is 0 Å². The van der Waals surface area contributed by atoms with Gasteiger partial charge < -0.3 is 10.1 Å². The first kappa shape index (κ1) is 13.8. The highest BCUT2D eigenvalue weighted by Gasteiger charge is 2.10. The lowest BCUT2D eigenvalue weighted by Gasteiger charge is -2.07. The van der Waals surface area contributed by atoms with E-state index in [1.165, 1.54) is 18.2 Å². The molecule has 2 aromatic rings. The van der Waals surface area contributed by atoms with Crippen molar-refractivity contribution in [3.63, 3.8) is 0 Å². The molecule has 0 saturated heterocycles. The molecule has 0 spiro atoms. The van der Waals surface area contributed by atoms with Crippen LogP contribution in [0.15, 0.2) is 42.5 Å². The molecule has 2 aromatic carbocycles. The largest absolute Gasteiger partial charge is 0.497 e. The Labute approximate surface area is 123 Å². The van der Waals surface area contributed by atoms with E-state index in [0.717, 1.165) is 5.75 Å². The first-order chi connectivity index (χ1) is 9.10. The van der Waals surface area contributed by atoms with Crippen LogP contribution in [0, 0.1) is 9.39 Å². The Bertz CT molecular complexity index is 599. The molecule has 2 rings (SSSR count). The number of hydrogen-bond donors (Lipinski definition) is 1. The first-order valence-corrected chi connectivity index (χ1v) is 6.58. The Kier molecular flexibility index (Phi) is 4.36. The molecular formula is C14H11FINO2. The lowest BCUT2D eigenvalue weighted by Crippen LogP contribution is -2.13. The summed E-state index contributed by atoms with van der Waals surface area (Å²) < 4.78 is 18.6. The van der Waals surface area contributed by atoms with Crippen molar-refractivity contribution in [3.8, 4) is 5.75 Å². The van der Waals surface area contributed by atoms with Gasteiger partial charge in [0.2, 0.25) is 0 Å². The van der Waals surface area contributed by atoms with Crippen molar-refractivity contribution in [1.29, 1.82) is 0 Å². The molecule has 0 fully saturated rings. The van der Waals surface area contributed by atoms with Gasteiger partial charge in [0.25, 0.3) is 5.91 Å². The van der Waals surface area contributed by atoms with Gasteiger partial charge in [-0.2, -0.15) is 0 Å². The summed E-state index contributed by atoms with van der Waals surface area (Å²) in [5, 5.41) is 2.75. The smallest absolute Gasteiger partial charge is 0.256 e. The Morgan fingerprint density at radius 2 is 1.89 bits per heavy atom. The van der Waals surface area contributed by atoms with Crippen molar-refractivity contribution in [2.45, 2.75) is 0 Å². The van der Waals surface area contributed by atoms with Crippen molar-refractivity contribution in [3.05, 3.63) is 57.4 Å². The summed E-state index contributed by atoms with van der Waals surface area (Å²) in [6, 6.07) is 11.1. The number of halogens is 2. The van der Waals surface area contributed by atoms with Gasteiger partial charge in [0.1, 0.15) is 11.6 Å². The zero-order chi connectivity index (χ0) is 13.8. The highest BCUT2D eigenvalue weighted by Crippen LogP contribution is 2.18. The Morgan fingerprint density at radius 1 is 1.21 bits per heavy atom. The molecule has 0 unspecified atom stereocenters. The normalized spacial score (nSPS) is 10.1. The van der Waals surface area contributed by atoms with E-state index in [9.17, 15) is 9.18 Å². The Morgan fingerprint density at radius 3 is 2.47 bits per heavy atom. The van der Waals surface area contributed by atoms with E-state index in [4.69, 9.17) is 4.74 Å². The second-order valence-electron chi connectivity index (χ2n) is 3.81. The third-order valence-corrected chi connectivity index (χ3v) is 3.42. The van der Waals surface area contributed by atoms with Gasteiger partial charge in [-0.05, 0) is 65.1 Å². The fourth-order valence-electron chi connectivity index (χ4n) is 1.55. The topological polar surface area (TPSA) is 38.3 Å². The predicted molar refractivity (Wildman–Crippen MR) is 80.1 cm³/mol. The Balaban J connectivity index is 2.15. The molecule has 1 N–H and O–H groups in total. The SMILES string of the molecule is COc1ccc(NC(=O)c2ccc(F)cc2I)cc1. The van der Waals surface area contributed by atoms with Gasteiger partial charge >= 0.3 is 0 Å². The highest BCUT2D eigenvalue weighted by atomic mass is 127. The molecule has 19 heavy (non-hydrogen) atoms. The molecule has 3 nitrogen and oxygen atoms in total. The molecule has 0 aliphatic heterocycles. The van der Waals surface area contributed by atoms with Crippen molar-refractivity contribution < 1.29 is 13.9 Å². The maximum atomic E-state index is 13.0. The van der Waals surface area contributed by atoms with Crippen LogP contribution in [0.2, 0.25) is 0 Å². The van der Waals surface area contributed by atoms with Gasteiger partial charge in [-0.15, -0.1) is 0 Å². The average Bonchev–Trinajstić information content (AvgIpc) is 2.39. The summed E-state index contributed by atoms with van der Waals surface area (Å²) in [7, 11) is 1.58. The minimum atomic E-state index is -0.356. The van der Waals surface area contributed by atoms with Gasteiger partial charge in [0.15, 0.2) is 0 Å². The van der Waals surface area contributed by atoms with E-state index in [0.29, 0.717) is 14.8 Å². The van der Waals surface area contributed by atoms with Crippen LogP contribution in [-0.2, 0) is 0 Å². The molecule has 0 radical (unpaired) electrons. The van der Waals surface area contributed by atoms with Gasteiger partial charge in [-0.25, -0.2) is 4.39 Å². The van der Waals surface area contributed by atoms with E-state index in [1.807, 2.05) is 22.6 Å². The molecule has 0 bridgehead atoms. The van der Waals surface area contributed by atoms with Crippen LogP contribution in [0.5, 0.6) is 5.75 Å². The lowest BCUT2D eigenvalue weighted by atomic mass is 10.2. The molecule has 0 heterocycles. The van der Waals surface area contributed by atoms with Gasteiger partial charge in [0, 0.05) is 9.26 Å². The van der Waals surface area contributed by atoms with Crippen LogP contribution in [-0.4, -0.2) is 13.0 Å². The second kappa shape index (κ2) is 6.01. The molecule has 5 heteroatoms. The summed E-state index contributed by atoms with van der Waals surface area (Å²) in [6.07, 6.45) is 0. The highest BCUT2D eigenvalue weighted by molar-refractivity contribution is 14.1. The molecule has 0 aliphatic rings. The average molecular weight is 371 g/mol. The number of benzene rings is 2. The van der Waals surface area contributed by atoms with Crippen LogP contribution in [0.4, 0.5) is 10.1 Å². The number of ether oxygens (including phenoxy) is 1. The number of carbonyl (C=O) groups is 1. The summed E-state index contributed by atoms with van der Waals surface area (Å²) in [5.74, 6) is 0.0920. The van der Waals surface area contributed by atoms with E-state index in [-0.39, 0.29) is 11.7 Å². The third-order valence-electron chi connectivity index (χ3n) is 2.52. The van der Waals surface area contributed by atoms with Crippen LogP contribution in [0.25, 0.3) is 0 Å². The standard InChI is InChI=1S/C14H11FINO2/c1-19-11-5-3-10(4-6-11)17-14(18)12-7-2-9(15)8-13(12)16/h2-8H,1H3,(H,17,18). The minimum Gasteiger partial charge on any atom is -0.497 e. The second-order valence-corrected chi connectivity index (χ2v) is 4.97. The molecule has 0 saturated carbocycles. The van der Waals surface area contributed by atoms with Crippen LogP contribution < -0.4 is 10.1 Å². The number of hydrogen-bond acceptors (Lipinski definition) is 2. The molecule has 0 aliphatic carbocycles. The summed E-state index contributed by atoms with van der Waals surface area (Å²) in [6.45, 7) is 0. The number of rotatable bonds is 3. The van der Waals surface area contributed by atoms with Gasteiger partial charge in [0.05, 0.1) is 12.7 Å². The van der Waals surface area contributed by atoms with E-state index >= 15 is 0 Å². The van der Waals surface area contributed by atoms with E-state index < -0.39 is 0 Å². The van der Waals surface area contributed by atoms with Crippen LogP contribution in [0.1, 0.15) is 10.4 Å². The number of anilines is 1. The quantitative estimate of drug-likeness (QED) is 0.836. The molecule has 1 amide bonds. The van der Waals surface area contributed by atoms with Crippen LogP contribution in [0.3, 0.4) is 0 Å². The maximum absolute atomic E-state index is 13.0. The van der Waals surface area contributed by atoms with Crippen molar-refractivity contribution >= 4 is 34.2 Å². The predicted octanol–water partition coefficient (Wildman–Crippen LogP) is 3.69. The third kappa shape index (κ3) is 3.44. The monoisotopic (exact) mass is 371 g/mol. The summed E-state index contributed by atoms with van der Waals surface area (Å²) in [5.41, 5.74) is 1.10. The maximum Gasteiger partial charge on any atom is 0.256 e. The summed E-state index contributed by atoms with van der Waals surface area (Å²) in [4.78, 5) is 12.0.